The SMILES string of the molecule is COC(=O)c1cn2c(cc1=O)-c1cc(OC)c(-c3cnn(C(F)F)c3)cc1[C@H]1CCC(C)(C)N12. The number of carbonyl (C=O) groups is 1. The zero-order valence-corrected chi connectivity index (χ0v) is 19.2. The van der Waals surface area contributed by atoms with Crippen molar-refractivity contribution in [3.63, 3.8) is 0 Å². The maximum Gasteiger partial charge on any atom is 0.343 e. The Labute approximate surface area is 194 Å². The fourth-order valence-corrected chi connectivity index (χ4v) is 5.12. The molecule has 3 aromatic rings. The molecule has 8 nitrogen and oxygen atoms in total. The predicted octanol–water partition coefficient (Wildman–Crippen LogP) is 4.13. The van der Waals surface area contributed by atoms with E-state index in [2.05, 4.69) is 24.0 Å². The Morgan fingerprint density at radius 2 is 1.94 bits per heavy atom. The van der Waals surface area contributed by atoms with Gasteiger partial charge in [-0.15, -0.1) is 0 Å². The molecular formula is C24H24F2N4O4. The van der Waals surface area contributed by atoms with Gasteiger partial charge in [-0.05, 0) is 44.4 Å². The Hall–Kier alpha value is -3.69. The van der Waals surface area contributed by atoms with Gasteiger partial charge in [-0.3, -0.25) is 14.5 Å². The molecule has 2 aromatic heterocycles. The summed E-state index contributed by atoms with van der Waals surface area (Å²) >= 11 is 0. The van der Waals surface area contributed by atoms with Crippen molar-refractivity contribution in [2.24, 2.45) is 0 Å². The number of hydrogen-bond acceptors (Lipinski definition) is 6. The molecule has 34 heavy (non-hydrogen) atoms. The first-order valence-corrected chi connectivity index (χ1v) is 10.9. The highest BCUT2D eigenvalue weighted by atomic mass is 19.3. The van der Waals surface area contributed by atoms with Crippen molar-refractivity contribution in [2.45, 2.75) is 44.8 Å². The van der Waals surface area contributed by atoms with E-state index in [4.69, 9.17) is 9.47 Å². The van der Waals surface area contributed by atoms with E-state index in [1.165, 1.54) is 32.7 Å². The van der Waals surface area contributed by atoms with Crippen LogP contribution in [-0.4, -0.2) is 40.2 Å². The third kappa shape index (κ3) is 3.19. The summed E-state index contributed by atoms with van der Waals surface area (Å²) in [7, 11) is 2.75. The molecule has 4 heterocycles. The van der Waals surface area contributed by atoms with Crippen LogP contribution in [0.15, 0.2) is 41.6 Å². The van der Waals surface area contributed by atoms with Crippen LogP contribution < -0.4 is 15.2 Å². The van der Waals surface area contributed by atoms with Crippen LogP contribution in [0.1, 0.15) is 55.2 Å². The number of benzene rings is 1. The lowest BCUT2D eigenvalue weighted by molar-refractivity contribution is 0.0565. The van der Waals surface area contributed by atoms with Crippen LogP contribution in [-0.2, 0) is 4.74 Å². The number of rotatable bonds is 4. The number of esters is 1. The number of hydrogen-bond donors (Lipinski definition) is 0. The number of fused-ring (bicyclic) bond motifs is 6. The van der Waals surface area contributed by atoms with Crippen LogP contribution in [0.5, 0.6) is 5.75 Å². The molecule has 0 spiro atoms. The standard InChI is InChI=1S/C24H24F2N4O4/c1-24(2)6-5-18-15-7-14(13-10-27-28(11-13)23(25)26)21(33-3)8-16(15)19-9-20(31)17(22(32)34-4)12-29(19)30(18)24/h7-12,18,23H,5-6H2,1-4H3/t18-/m1/s1. The topological polar surface area (TPSA) is 78.6 Å². The molecule has 0 saturated carbocycles. The molecule has 178 valence electrons. The summed E-state index contributed by atoms with van der Waals surface area (Å²) < 4.78 is 39.1. The van der Waals surface area contributed by atoms with Gasteiger partial charge in [0.25, 0.3) is 0 Å². The van der Waals surface area contributed by atoms with E-state index >= 15 is 0 Å². The maximum absolute atomic E-state index is 13.1. The van der Waals surface area contributed by atoms with Gasteiger partial charge in [-0.2, -0.15) is 13.9 Å². The summed E-state index contributed by atoms with van der Waals surface area (Å²) in [6.45, 7) is 1.47. The first kappa shape index (κ1) is 22.1. The summed E-state index contributed by atoms with van der Waals surface area (Å²) in [6, 6.07) is 5.13. The normalized spacial score (nSPS) is 17.9. The number of nitrogens with zero attached hydrogens (tertiary/aromatic N) is 4. The fourth-order valence-electron chi connectivity index (χ4n) is 5.12. The summed E-state index contributed by atoms with van der Waals surface area (Å²) in [5.41, 5.74) is 2.75. The average molecular weight is 470 g/mol. The number of alkyl halides is 2. The van der Waals surface area contributed by atoms with Crippen molar-refractivity contribution in [1.29, 1.82) is 0 Å². The number of ether oxygens (including phenoxy) is 2. The molecule has 1 fully saturated rings. The van der Waals surface area contributed by atoms with Crippen LogP contribution in [0.4, 0.5) is 8.78 Å². The van der Waals surface area contributed by atoms with E-state index in [1.807, 2.05) is 16.8 Å². The minimum atomic E-state index is -2.74. The third-order valence-electron chi connectivity index (χ3n) is 6.73. The van der Waals surface area contributed by atoms with E-state index < -0.39 is 17.9 Å². The second-order valence-corrected chi connectivity index (χ2v) is 9.11. The van der Waals surface area contributed by atoms with Crippen LogP contribution >= 0.6 is 0 Å². The molecule has 0 amide bonds. The molecule has 2 aliphatic heterocycles. The van der Waals surface area contributed by atoms with E-state index in [-0.39, 0.29) is 17.1 Å². The Bertz CT molecular complexity index is 1360. The molecule has 1 atom stereocenters. The molecule has 2 aliphatic rings. The smallest absolute Gasteiger partial charge is 0.343 e. The van der Waals surface area contributed by atoms with Gasteiger partial charge in [0.2, 0.25) is 0 Å². The molecular weight excluding hydrogens is 446 g/mol. The predicted molar refractivity (Wildman–Crippen MR) is 121 cm³/mol. The number of aromatic nitrogens is 3. The summed E-state index contributed by atoms with van der Waals surface area (Å²) in [5, 5.41) is 5.92. The van der Waals surface area contributed by atoms with Crippen LogP contribution in [0, 0.1) is 0 Å². The molecule has 1 aromatic carbocycles. The quantitative estimate of drug-likeness (QED) is 0.534. The molecule has 1 saturated heterocycles. The Morgan fingerprint density at radius 1 is 1.18 bits per heavy atom. The minimum Gasteiger partial charge on any atom is -0.496 e. The molecule has 0 unspecified atom stereocenters. The van der Waals surface area contributed by atoms with Gasteiger partial charge in [-0.1, -0.05) is 0 Å². The highest BCUT2D eigenvalue weighted by molar-refractivity contribution is 5.90. The van der Waals surface area contributed by atoms with Crippen LogP contribution in [0.2, 0.25) is 0 Å². The number of carbonyl (C=O) groups excluding carboxylic acids is 1. The number of pyridine rings is 1. The Kier molecular flexibility index (Phi) is 5.00. The monoisotopic (exact) mass is 470 g/mol. The molecule has 5 rings (SSSR count). The fraction of sp³-hybridized carbons (Fsp3) is 0.375. The van der Waals surface area contributed by atoms with Gasteiger partial charge >= 0.3 is 12.5 Å². The van der Waals surface area contributed by atoms with Crippen molar-refractivity contribution < 1.29 is 23.0 Å². The van der Waals surface area contributed by atoms with Gasteiger partial charge in [0.1, 0.15) is 11.3 Å². The van der Waals surface area contributed by atoms with Gasteiger partial charge in [0.05, 0.1) is 37.7 Å². The lowest BCUT2D eigenvalue weighted by Crippen LogP contribution is -2.50. The molecule has 10 heteroatoms. The zero-order chi connectivity index (χ0) is 24.4. The van der Waals surface area contributed by atoms with Crippen molar-refractivity contribution in [3.8, 4) is 28.1 Å². The average Bonchev–Trinajstić information content (AvgIpc) is 3.42. The van der Waals surface area contributed by atoms with E-state index in [9.17, 15) is 18.4 Å². The van der Waals surface area contributed by atoms with E-state index in [0.29, 0.717) is 27.3 Å². The first-order chi connectivity index (χ1) is 16.2. The van der Waals surface area contributed by atoms with Crippen molar-refractivity contribution in [2.75, 3.05) is 19.2 Å². The Morgan fingerprint density at radius 3 is 2.59 bits per heavy atom. The van der Waals surface area contributed by atoms with Crippen LogP contribution in [0.25, 0.3) is 22.4 Å². The largest absolute Gasteiger partial charge is 0.496 e. The minimum absolute atomic E-state index is 0.0425. The van der Waals surface area contributed by atoms with Crippen molar-refractivity contribution in [1.82, 2.24) is 14.5 Å². The summed E-state index contributed by atoms with van der Waals surface area (Å²) in [4.78, 5) is 25.1. The van der Waals surface area contributed by atoms with Gasteiger partial charge < -0.3 is 9.47 Å². The lowest BCUT2D eigenvalue weighted by Gasteiger charge is -2.44. The first-order valence-electron chi connectivity index (χ1n) is 10.9. The molecule has 0 bridgehead atoms. The van der Waals surface area contributed by atoms with E-state index in [1.54, 1.807) is 6.20 Å². The van der Waals surface area contributed by atoms with Crippen LogP contribution in [0.3, 0.4) is 0 Å². The second-order valence-electron chi connectivity index (χ2n) is 9.11. The summed E-state index contributed by atoms with van der Waals surface area (Å²) in [6.07, 6.45) is 5.92. The molecule has 0 N–H and O–H groups in total. The Balaban J connectivity index is 1.77. The van der Waals surface area contributed by atoms with Crippen molar-refractivity contribution >= 4 is 5.97 Å². The lowest BCUT2D eigenvalue weighted by atomic mass is 9.90. The maximum atomic E-state index is 13.1. The molecule has 0 aliphatic carbocycles. The number of methoxy groups -OCH3 is 2. The third-order valence-corrected chi connectivity index (χ3v) is 6.73. The van der Waals surface area contributed by atoms with Crippen molar-refractivity contribution in [3.05, 3.63) is 58.1 Å². The van der Waals surface area contributed by atoms with Gasteiger partial charge in [0.15, 0.2) is 5.43 Å². The highest BCUT2D eigenvalue weighted by Crippen LogP contribution is 2.50. The zero-order valence-electron chi connectivity index (χ0n) is 19.2. The van der Waals surface area contributed by atoms with Gasteiger partial charge in [-0.25, -0.2) is 9.48 Å². The van der Waals surface area contributed by atoms with E-state index in [0.717, 1.165) is 24.0 Å². The highest BCUT2D eigenvalue weighted by Gasteiger charge is 2.45. The number of halogens is 2. The summed E-state index contributed by atoms with van der Waals surface area (Å²) in [5.74, 6) is -0.224. The molecule has 0 radical (unpaired) electrons. The van der Waals surface area contributed by atoms with Gasteiger partial charge in [0, 0.05) is 35.2 Å². The second kappa shape index (κ2) is 7.68.